The maximum absolute atomic E-state index is 13.4. The van der Waals surface area contributed by atoms with Crippen molar-refractivity contribution in [1.82, 2.24) is 24.6 Å². The van der Waals surface area contributed by atoms with Crippen LogP contribution in [-0.4, -0.2) is 50.2 Å². The Balaban J connectivity index is 1.20. The van der Waals surface area contributed by atoms with Gasteiger partial charge in [0.1, 0.15) is 6.07 Å². The number of fused-ring (bicyclic) bond motifs is 2. The number of halogens is 3. The van der Waals surface area contributed by atoms with Crippen LogP contribution in [0.1, 0.15) is 54.9 Å². The normalized spacial score (nSPS) is 22.1. The fourth-order valence-corrected chi connectivity index (χ4v) is 5.79. The highest BCUT2D eigenvalue weighted by molar-refractivity contribution is 5.95. The summed E-state index contributed by atoms with van der Waals surface area (Å²) in [5.41, 5.74) is 3.53. The van der Waals surface area contributed by atoms with Crippen LogP contribution >= 0.6 is 0 Å². The largest absolute Gasteiger partial charge is 0.451 e. The topological polar surface area (TPSA) is 90.9 Å². The maximum Gasteiger partial charge on any atom is 0.451 e. The number of hydrogen-bond donors (Lipinski definition) is 0. The van der Waals surface area contributed by atoms with Gasteiger partial charge in [-0.2, -0.15) is 18.4 Å². The van der Waals surface area contributed by atoms with E-state index in [2.05, 4.69) is 44.3 Å². The van der Waals surface area contributed by atoms with Gasteiger partial charge in [-0.05, 0) is 42.7 Å². The van der Waals surface area contributed by atoms with Gasteiger partial charge in [-0.1, -0.05) is 19.1 Å². The average Bonchev–Trinajstić information content (AvgIpc) is 3.64. The van der Waals surface area contributed by atoms with Gasteiger partial charge < -0.3 is 14.4 Å². The molecule has 3 aliphatic rings. The third-order valence-corrected chi connectivity index (χ3v) is 7.89. The minimum absolute atomic E-state index is 0.00715. The van der Waals surface area contributed by atoms with Crippen LogP contribution in [0.2, 0.25) is 0 Å². The molecule has 37 heavy (non-hydrogen) atoms. The molecule has 0 unspecified atom stereocenters. The number of carbonyl (C=O) groups is 1. The molecule has 0 radical (unpaired) electrons. The quantitative estimate of drug-likeness (QED) is 0.528. The van der Waals surface area contributed by atoms with Gasteiger partial charge in [0.05, 0.1) is 23.3 Å². The molecule has 11 heteroatoms. The lowest BCUT2D eigenvalue weighted by molar-refractivity contribution is -0.148. The summed E-state index contributed by atoms with van der Waals surface area (Å²) in [6.45, 7) is 3.44. The second kappa shape index (κ2) is 8.71. The summed E-state index contributed by atoms with van der Waals surface area (Å²) >= 11 is 0. The lowest BCUT2D eigenvalue weighted by Crippen LogP contribution is -2.49. The third-order valence-electron chi connectivity index (χ3n) is 7.89. The molecule has 0 bridgehead atoms. The number of nitrogens with zero attached hydrogens (tertiary/aromatic N) is 7. The van der Waals surface area contributed by atoms with Gasteiger partial charge in [-0.15, -0.1) is 10.2 Å². The van der Waals surface area contributed by atoms with Crippen LogP contribution < -0.4 is 4.90 Å². The Morgan fingerprint density at radius 1 is 1.14 bits per heavy atom. The van der Waals surface area contributed by atoms with Crippen molar-refractivity contribution in [3.8, 4) is 6.07 Å². The van der Waals surface area contributed by atoms with E-state index in [1.807, 2.05) is 6.92 Å². The average molecular weight is 510 g/mol. The number of amides is 1. The Hall–Kier alpha value is -3.68. The van der Waals surface area contributed by atoms with Crippen LogP contribution in [0, 0.1) is 23.2 Å². The molecule has 2 atom stereocenters. The van der Waals surface area contributed by atoms with Crippen LogP contribution in [0.25, 0.3) is 10.9 Å². The van der Waals surface area contributed by atoms with Crippen molar-refractivity contribution < 1.29 is 18.0 Å². The molecular weight excluding hydrogens is 483 g/mol. The Labute approximate surface area is 211 Å². The van der Waals surface area contributed by atoms with Crippen molar-refractivity contribution >= 4 is 22.5 Å². The van der Waals surface area contributed by atoms with Gasteiger partial charge >= 0.3 is 6.18 Å². The fraction of sp³-hybridized carbons (Fsp3) is 0.500. The van der Waals surface area contributed by atoms with Crippen molar-refractivity contribution in [2.24, 2.45) is 11.8 Å². The van der Waals surface area contributed by atoms with E-state index in [0.29, 0.717) is 31.0 Å². The van der Waals surface area contributed by atoms with E-state index in [4.69, 9.17) is 0 Å². The summed E-state index contributed by atoms with van der Waals surface area (Å²) in [6, 6.07) is 8.60. The van der Waals surface area contributed by atoms with Crippen LogP contribution in [-0.2, 0) is 24.1 Å². The molecule has 1 saturated carbocycles. The number of aromatic nitrogens is 4. The number of piperidine rings is 1. The van der Waals surface area contributed by atoms with Gasteiger partial charge in [0.25, 0.3) is 0 Å². The SMILES string of the molecule is C[C@@H]1CN(c2c(C#N)cnc3cc(C4CC4)ccc23)CC[C@@H]1C(=O)N1CCn2c(nnc2C(F)(F)F)C1. The molecule has 2 fully saturated rings. The summed E-state index contributed by atoms with van der Waals surface area (Å²) in [5, 5.41) is 17.8. The van der Waals surface area contributed by atoms with Gasteiger partial charge in [-0.25, -0.2) is 0 Å². The molecule has 1 saturated heterocycles. The Morgan fingerprint density at radius 3 is 2.65 bits per heavy atom. The van der Waals surface area contributed by atoms with Crippen LogP contribution in [0.4, 0.5) is 18.9 Å². The number of hydrogen-bond acceptors (Lipinski definition) is 6. The van der Waals surface area contributed by atoms with Crippen LogP contribution in [0.15, 0.2) is 24.4 Å². The smallest absolute Gasteiger partial charge is 0.370 e. The number of rotatable bonds is 3. The molecule has 1 aromatic carbocycles. The molecule has 8 nitrogen and oxygen atoms in total. The predicted octanol–water partition coefficient (Wildman–Crippen LogP) is 4.10. The van der Waals surface area contributed by atoms with Crippen molar-refractivity contribution in [3.63, 3.8) is 0 Å². The van der Waals surface area contributed by atoms with E-state index in [1.54, 1.807) is 11.1 Å². The number of alkyl halides is 3. The second-order valence-corrected chi connectivity index (χ2v) is 10.4. The third kappa shape index (κ3) is 4.18. The van der Waals surface area contributed by atoms with Crippen molar-refractivity contribution in [2.75, 3.05) is 24.5 Å². The van der Waals surface area contributed by atoms with Crippen LogP contribution in [0.5, 0.6) is 0 Å². The molecule has 2 aliphatic heterocycles. The van der Waals surface area contributed by atoms with Crippen molar-refractivity contribution in [3.05, 3.63) is 47.2 Å². The molecular formula is C26H26F3N7O. The highest BCUT2D eigenvalue weighted by atomic mass is 19.4. The first-order chi connectivity index (χ1) is 17.7. The first kappa shape index (κ1) is 23.7. The summed E-state index contributed by atoms with van der Waals surface area (Å²) in [5.74, 6) is -0.581. The van der Waals surface area contributed by atoms with E-state index in [0.717, 1.165) is 21.2 Å². The number of pyridine rings is 1. The molecule has 3 aromatic rings. The second-order valence-electron chi connectivity index (χ2n) is 10.4. The maximum atomic E-state index is 13.4. The number of nitriles is 1. The van der Waals surface area contributed by atoms with Crippen LogP contribution in [0.3, 0.4) is 0 Å². The monoisotopic (exact) mass is 509 g/mol. The highest BCUT2D eigenvalue weighted by Crippen LogP contribution is 2.42. The van der Waals surface area contributed by atoms with E-state index in [9.17, 15) is 23.2 Å². The minimum atomic E-state index is -4.57. The van der Waals surface area contributed by atoms with E-state index in [-0.39, 0.29) is 43.2 Å². The molecule has 6 rings (SSSR count). The fourth-order valence-electron chi connectivity index (χ4n) is 5.79. The number of anilines is 1. The molecule has 1 aliphatic carbocycles. The zero-order valence-electron chi connectivity index (χ0n) is 20.4. The Kier molecular flexibility index (Phi) is 5.58. The first-order valence-electron chi connectivity index (χ1n) is 12.6. The van der Waals surface area contributed by atoms with Crippen molar-refractivity contribution in [2.45, 2.75) is 51.4 Å². The lowest BCUT2D eigenvalue weighted by Gasteiger charge is -2.40. The Bertz CT molecular complexity index is 1420. The minimum Gasteiger partial charge on any atom is -0.370 e. The highest BCUT2D eigenvalue weighted by Gasteiger charge is 2.41. The van der Waals surface area contributed by atoms with Gasteiger partial charge in [-0.3, -0.25) is 9.78 Å². The summed E-state index contributed by atoms with van der Waals surface area (Å²) in [7, 11) is 0. The summed E-state index contributed by atoms with van der Waals surface area (Å²) in [6.07, 6.45) is 0.0536. The first-order valence-corrected chi connectivity index (χ1v) is 12.6. The standard InChI is InChI=1S/C26H26F3N7O/c1-15-13-34(23-18(11-30)12-31-21-10-17(16-2-3-16)4-5-20(21)23)7-6-19(15)24(37)35-8-9-36-22(14-35)32-33-25(36)26(27,28)29/h4-5,10,12,15-16,19H,2-3,6-9,13-14H2,1H3/t15-,19+/m1/s1. The zero-order chi connectivity index (χ0) is 25.9. The predicted molar refractivity (Wildman–Crippen MR) is 128 cm³/mol. The molecule has 0 spiro atoms. The molecule has 0 N–H and O–H groups in total. The molecule has 1 amide bonds. The van der Waals surface area contributed by atoms with Gasteiger partial charge in [0.15, 0.2) is 5.82 Å². The van der Waals surface area contributed by atoms with Crippen molar-refractivity contribution in [1.29, 1.82) is 5.26 Å². The summed E-state index contributed by atoms with van der Waals surface area (Å²) in [4.78, 5) is 21.7. The number of benzene rings is 1. The zero-order valence-corrected chi connectivity index (χ0v) is 20.4. The summed E-state index contributed by atoms with van der Waals surface area (Å²) < 4.78 is 40.5. The molecule has 4 heterocycles. The number of carbonyl (C=O) groups excluding carboxylic acids is 1. The van der Waals surface area contributed by atoms with E-state index < -0.39 is 12.0 Å². The van der Waals surface area contributed by atoms with Gasteiger partial charge in [0.2, 0.25) is 11.7 Å². The van der Waals surface area contributed by atoms with E-state index >= 15 is 0 Å². The lowest BCUT2D eigenvalue weighted by atomic mass is 9.85. The molecule has 192 valence electrons. The van der Waals surface area contributed by atoms with E-state index in [1.165, 1.54) is 18.4 Å². The van der Waals surface area contributed by atoms with Gasteiger partial charge in [0, 0.05) is 43.7 Å². The molecule has 2 aromatic heterocycles. The Morgan fingerprint density at radius 2 is 1.95 bits per heavy atom.